The molecule has 10 heteroatoms. The zero-order chi connectivity index (χ0) is 21.2. The molecular weight excluding hydrogens is 446 g/mol. The minimum atomic E-state index is -0.469. The van der Waals surface area contributed by atoms with Gasteiger partial charge in [-0.1, -0.05) is 0 Å². The van der Waals surface area contributed by atoms with Crippen LogP contribution in [0.15, 0.2) is 46.0 Å². The molecule has 0 unspecified atom stereocenters. The fourth-order valence-corrected chi connectivity index (χ4v) is 2.63. The Kier molecular flexibility index (Phi) is 8.41. The van der Waals surface area contributed by atoms with Crippen LogP contribution in [0.2, 0.25) is 0 Å². The molecule has 2 aromatic rings. The lowest BCUT2D eigenvalue weighted by molar-refractivity contribution is -0.384. The Balaban J connectivity index is 2.11. The second-order valence-corrected chi connectivity index (χ2v) is 6.38. The highest BCUT2D eigenvalue weighted by Crippen LogP contribution is 2.33. The van der Waals surface area contributed by atoms with E-state index in [-0.39, 0.29) is 18.9 Å². The number of carbonyl (C=O) groups is 1. The molecule has 0 radical (unpaired) electrons. The van der Waals surface area contributed by atoms with E-state index in [4.69, 9.17) is 14.2 Å². The highest BCUT2D eigenvalue weighted by Gasteiger charge is 2.12. The van der Waals surface area contributed by atoms with Gasteiger partial charge in [0, 0.05) is 22.2 Å². The van der Waals surface area contributed by atoms with Crippen molar-refractivity contribution in [3.63, 3.8) is 0 Å². The molecule has 0 aromatic heterocycles. The molecule has 0 aliphatic rings. The largest absolute Gasteiger partial charge is 0.490 e. The van der Waals surface area contributed by atoms with Gasteiger partial charge < -0.3 is 14.2 Å². The van der Waals surface area contributed by atoms with Gasteiger partial charge >= 0.3 is 5.97 Å². The summed E-state index contributed by atoms with van der Waals surface area (Å²) in [6.07, 6.45) is 1.56. The molecule has 2 rings (SSSR count). The van der Waals surface area contributed by atoms with Crippen molar-refractivity contribution >= 4 is 39.5 Å². The quantitative estimate of drug-likeness (QED) is 0.242. The molecule has 0 aliphatic heterocycles. The van der Waals surface area contributed by atoms with Gasteiger partial charge in [0.05, 0.1) is 30.0 Å². The summed E-state index contributed by atoms with van der Waals surface area (Å²) in [5.74, 6) is 0.382. The van der Waals surface area contributed by atoms with Crippen molar-refractivity contribution in [2.45, 2.75) is 13.8 Å². The van der Waals surface area contributed by atoms with Crippen molar-refractivity contribution < 1.29 is 23.9 Å². The van der Waals surface area contributed by atoms with E-state index < -0.39 is 10.9 Å². The maximum absolute atomic E-state index is 11.5. The third kappa shape index (κ3) is 6.75. The number of benzene rings is 2. The minimum absolute atomic E-state index is 0.00189. The van der Waals surface area contributed by atoms with Crippen molar-refractivity contribution in [2.75, 3.05) is 25.2 Å². The molecule has 2 aromatic carbocycles. The second kappa shape index (κ2) is 11.0. The molecular formula is C19H20BrN3O6. The van der Waals surface area contributed by atoms with Gasteiger partial charge in [-0.05, 0) is 54.0 Å². The summed E-state index contributed by atoms with van der Waals surface area (Å²) in [5, 5.41) is 14.8. The zero-order valence-electron chi connectivity index (χ0n) is 15.9. The normalized spacial score (nSPS) is 10.6. The van der Waals surface area contributed by atoms with Gasteiger partial charge in [0.2, 0.25) is 0 Å². The Bertz CT molecular complexity index is 886. The fraction of sp³-hybridized carbons (Fsp3) is 0.263. The summed E-state index contributed by atoms with van der Waals surface area (Å²) in [7, 11) is 0. The minimum Gasteiger partial charge on any atom is -0.490 e. The number of carbonyl (C=O) groups excluding carboxylic acids is 1. The fourth-order valence-electron chi connectivity index (χ4n) is 2.20. The molecule has 0 fully saturated rings. The molecule has 0 heterocycles. The van der Waals surface area contributed by atoms with Crippen LogP contribution in [0.3, 0.4) is 0 Å². The predicted molar refractivity (Wildman–Crippen MR) is 112 cm³/mol. The maximum atomic E-state index is 11.5. The average Bonchev–Trinajstić information content (AvgIpc) is 2.69. The van der Waals surface area contributed by atoms with Gasteiger partial charge in [0.1, 0.15) is 0 Å². The number of nitrogens with one attached hydrogen (secondary N) is 1. The summed E-state index contributed by atoms with van der Waals surface area (Å²) < 4.78 is 16.6. The third-order valence-corrected chi connectivity index (χ3v) is 4.18. The SMILES string of the molecule is CCOC(=O)COc1cc(Br)c(C=NNc2ccc([N+](=O)[O-])cc2)cc1OCC. The Morgan fingerprint density at radius 2 is 1.86 bits per heavy atom. The number of non-ortho nitro benzene ring substituents is 1. The van der Waals surface area contributed by atoms with Crippen LogP contribution in [0.5, 0.6) is 11.5 Å². The summed E-state index contributed by atoms with van der Waals surface area (Å²) in [6, 6.07) is 9.28. The number of rotatable bonds is 10. The van der Waals surface area contributed by atoms with Crippen molar-refractivity contribution in [3.05, 3.63) is 56.5 Å². The lowest BCUT2D eigenvalue weighted by Gasteiger charge is -2.13. The van der Waals surface area contributed by atoms with Crippen LogP contribution in [0, 0.1) is 10.1 Å². The Hall–Kier alpha value is -3.14. The number of hydrazone groups is 1. The predicted octanol–water partition coefficient (Wildman–Crippen LogP) is 4.14. The molecule has 0 saturated carbocycles. The third-order valence-electron chi connectivity index (χ3n) is 3.49. The first-order valence-corrected chi connectivity index (χ1v) is 9.52. The van der Waals surface area contributed by atoms with Gasteiger partial charge in [0.25, 0.3) is 5.69 Å². The number of nitro groups is 1. The molecule has 0 atom stereocenters. The van der Waals surface area contributed by atoms with Gasteiger partial charge in [-0.2, -0.15) is 5.10 Å². The topological polar surface area (TPSA) is 112 Å². The Morgan fingerprint density at radius 3 is 2.48 bits per heavy atom. The Morgan fingerprint density at radius 1 is 1.17 bits per heavy atom. The molecule has 29 heavy (non-hydrogen) atoms. The summed E-state index contributed by atoms with van der Waals surface area (Å²) >= 11 is 3.44. The van der Waals surface area contributed by atoms with Crippen LogP contribution in [0.4, 0.5) is 11.4 Å². The van der Waals surface area contributed by atoms with E-state index in [1.165, 1.54) is 12.1 Å². The second-order valence-electron chi connectivity index (χ2n) is 5.52. The van der Waals surface area contributed by atoms with Crippen molar-refractivity contribution in [2.24, 2.45) is 5.10 Å². The number of hydrogen-bond acceptors (Lipinski definition) is 8. The number of halogens is 1. The van der Waals surface area contributed by atoms with Crippen molar-refractivity contribution in [1.82, 2.24) is 0 Å². The highest BCUT2D eigenvalue weighted by molar-refractivity contribution is 9.10. The van der Waals surface area contributed by atoms with Crippen LogP contribution >= 0.6 is 15.9 Å². The van der Waals surface area contributed by atoms with Gasteiger partial charge in [-0.25, -0.2) is 4.79 Å². The zero-order valence-corrected chi connectivity index (χ0v) is 17.5. The summed E-state index contributed by atoms with van der Waals surface area (Å²) in [4.78, 5) is 21.7. The molecule has 0 saturated heterocycles. The maximum Gasteiger partial charge on any atom is 0.344 e. The molecule has 0 aliphatic carbocycles. The van der Waals surface area contributed by atoms with Gasteiger partial charge in [0.15, 0.2) is 18.1 Å². The van der Waals surface area contributed by atoms with E-state index in [2.05, 4.69) is 26.5 Å². The van der Waals surface area contributed by atoms with Gasteiger partial charge in [-0.3, -0.25) is 15.5 Å². The van der Waals surface area contributed by atoms with Crippen molar-refractivity contribution in [3.8, 4) is 11.5 Å². The van der Waals surface area contributed by atoms with Crippen LogP contribution in [0.1, 0.15) is 19.4 Å². The first-order chi connectivity index (χ1) is 13.9. The number of anilines is 1. The number of hydrogen-bond donors (Lipinski definition) is 1. The summed E-state index contributed by atoms with van der Waals surface area (Å²) in [5.41, 5.74) is 4.10. The van der Waals surface area contributed by atoms with Crippen LogP contribution in [-0.2, 0) is 9.53 Å². The molecule has 9 nitrogen and oxygen atoms in total. The molecule has 0 amide bonds. The number of nitro benzene ring substituents is 1. The first kappa shape index (κ1) is 22.2. The van der Waals surface area contributed by atoms with Crippen molar-refractivity contribution in [1.29, 1.82) is 0 Å². The van der Waals surface area contributed by atoms with Crippen LogP contribution < -0.4 is 14.9 Å². The monoisotopic (exact) mass is 465 g/mol. The van der Waals surface area contributed by atoms with E-state index in [1.807, 2.05) is 6.92 Å². The number of esters is 1. The smallest absolute Gasteiger partial charge is 0.344 e. The number of ether oxygens (including phenoxy) is 3. The standard InChI is InChI=1S/C19H20BrN3O6/c1-3-27-17-9-13(16(20)10-18(17)29-12-19(24)28-4-2)11-21-22-14-5-7-15(8-6-14)23(25)26/h5-11,22H,3-4,12H2,1-2H3. The number of nitrogens with zero attached hydrogens (tertiary/aromatic N) is 2. The molecule has 154 valence electrons. The van der Waals surface area contributed by atoms with Crippen LogP contribution in [0.25, 0.3) is 0 Å². The summed E-state index contributed by atoms with van der Waals surface area (Å²) in [6.45, 7) is 4.02. The van der Waals surface area contributed by atoms with E-state index in [0.29, 0.717) is 33.8 Å². The van der Waals surface area contributed by atoms with E-state index in [0.717, 1.165) is 0 Å². The lowest BCUT2D eigenvalue weighted by Crippen LogP contribution is -2.15. The highest BCUT2D eigenvalue weighted by atomic mass is 79.9. The van der Waals surface area contributed by atoms with E-state index >= 15 is 0 Å². The molecule has 0 spiro atoms. The first-order valence-electron chi connectivity index (χ1n) is 8.72. The van der Waals surface area contributed by atoms with E-state index in [9.17, 15) is 14.9 Å². The van der Waals surface area contributed by atoms with Crippen LogP contribution in [-0.4, -0.2) is 36.9 Å². The molecule has 0 bridgehead atoms. The molecule has 1 N–H and O–H groups in total. The Labute approximate surface area is 175 Å². The lowest BCUT2D eigenvalue weighted by atomic mass is 10.2. The average molecular weight is 466 g/mol. The van der Waals surface area contributed by atoms with E-state index in [1.54, 1.807) is 37.4 Å². The van der Waals surface area contributed by atoms with Gasteiger partial charge in [-0.15, -0.1) is 0 Å².